The van der Waals surface area contributed by atoms with Gasteiger partial charge in [-0.2, -0.15) is 5.10 Å². The summed E-state index contributed by atoms with van der Waals surface area (Å²) < 4.78 is 13.4. The van der Waals surface area contributed by atoms with Crippen molar-refractivity contribution < 1.29 is 24.2 Å². The molecule has 35 heavy (non-hydrogen) atoms. The van der Waals surface area contributed by atoms with Gasteiger partial charge in [-0.05, 0) is 44.4 Å². The summed E-state index contributed by atoms with van der Waals surface area (Å²) in [6.07, 6.45) is 2.91. The van der Waals surface area contributed by atoms with Gasteiger partial charge in [0.2, 0.25) is 5.91 Å². The van der Waals surface area contributed by atoms with E-state index in [9.17, 15) is 14.7 Å². The van der Waals surface area contributed by atoms with Crippen molar-refractivity contribution in [3.05, 3.63) is 0 Å². The summed E-state index contributed by atoms with van der Waals surface area (Å²) in [7, 11) is 1.68. The highest BCUT2D eigenvalue weighted by molar-refractivity contribution is 5.95. The number of carbonyl (C=O) groups excluding carboxylic acids is 2. The Labute approximate surface area is 207 Å². The van der Waals surface area contributed by atoms with Gasteiger partial charge in [0.1, 0.15) is 6.10 Å². The SMILES string of the molecule is COC1CC23OC4C(CC2(C)C(C)CCC3C(C)(C)C1=NNC(N)=O)C(O)CC1C(=O)NC(C)C14. The summed E-state index contributed by atoms with van der Waals surface area (Å²) in [6.45, 7) is 11.1. The van der Waals surface area contributed by atoms with E-state index in [0.29, 0.717) is 18.8 Å². The molecule has 9 heteroatoms. The lowest BCUT2D eigenvalue weighted by Crippen LogP contribution is -2.74. The van der Waals surface area contributed by atoms with Crippen LogP contribution in [0.3, 0.4) is 0 Å². The van der Waals surface area contributed by atoms with Crippen LogP contribution < -0.4 is 16.5 Å². The van der Waals surface area contributed by atoms with Crippen molar-refractivity contribution in [1.29, 1.82) is 0 Å². The van der Waals surface area contributed by atoms with Gasteiger partial charge >= 0.3 is 6.03 Å². The molecule has 0 aromatic heterocycles. The van der Waals surface area contributed by atoms with Crippen LogP contribution in [0.2, 0.25) is 0 Å². The second-order valence-electron chi connectivity index (χ2n) is 12.7. The van der Waals surface area contributed by atoms with Crippen LogP contribution >= 0.6 is 0 Å². The molecule has 0 aromatic rings. The lowest BCUT2D eigenvalue weighted by Gasteiger charge is -2.70. The van der Waals surface area contributed by atoms with Gasteiger partial charge in [-0.3, -0.25) is 4.79 Å². The van der Waals surface area contributed by atoms with Crippen LogP contribution in [-0.2, 0) is 14.3 Å². The minimum Gasteiger partial charge on any atom is -0.393 e. The number of hydrogen-bond acceptors (Lipinski definition) is 6. The van der Waals surface area contributed by atoms with E-state index in [2.05, 4.69) is 50.5 Å². The molecular weight excluding hydrogens is 448 g/mol. The van der Waals surface area contributed by atoms with E-state index in [1.165, 1.54) is 0 Å². The number of rotatable bonds is 2. The van der Waals surface area contributed by atoms with Crippen LogP contribution in [0.25, 0.3) is 0 Å². The van der Waals surface area contributed by atoms with Gasteiger partial charge in [-0.1, -0.05) is 27.7 Å². The summed E-state index contributed by atoms with van der Waals surface area (Å²) in [6, 6.07) is -0.684. The lowest BCUT2D eigenvalue weighted by atomic mass is 9.42. The molecule has 3 aliphatic carbocycles. The number of primary amides is 1. The second kappa shape index (κ2) is 8.15. The number of fused-ring (bicyclic) bond motifs is 3. The van der Waals surface area contributed by atoms with Crippen LogP contribution in [-0.4, -0.2) is 59.8 Å². The third-order valence-electron chi connectivity index (χ3n) is 10.9. The molecule has 3 amide bonds. The Kier molecular flexibility index (Phi) is 5.81. The number of aliphatic hydroxyl groups excluding tert-OH is 1. The van der Waals surface area contributed by atoms with Crippen molar-refractivity contribution in [1.82, 2.24) is 10.7 Å². The minimum absolute atomic E-state index is 0.000996. The molecule has 2 aliphatic heterocycles. The highest BCUT2D eigenvalue weighted by Gasteiger charge is 2.72. The minimum atomic E-state index is -0.697. The van der Waals surface area contributed by atoms with E-state index in [1.54, 1.807) is 7.11 Å². The maximum atomic E-state index is 12.7. The largest absolute Gasteiger partial charge is 0.393 e. The number of hydrogen-bond donors (Lipinski definition) is 4. The number of nitrogens with one attached hydrogen (secondary N) is 2. The van der Waals surface area contributed by atoms with Crippen molar-refractivity contribution in [2.75, 3.05) is 7.11 Å². The molecule has 2 saturated heterocycles. The molecule has 11 atom stereocenters. The molecule has 5 aliphatic rings. The molecule has 0 radical (unpaired) electrons. The van der Waals surface area contributed by atoms with Gasteiger partial charge in [0.15, 0.2) is 0 Å². The Balaban J connectivity index is 1.62. The van der Waals surface area contributed by atoms with Gasteiger partial charge in [0.25, 0.3) is 0 Å². The summed E-state index contributed by atoms with van der Waals surface area (Å²) in [5, 5.41) is 18.8. The molecule has 5 N–H and O–H groups in total. The van der Waals surface area contributed by atoms with Gasteiger partial charge < -0.3 is 25.6 Å². The molecule has 5 rings (SSSR count). The number of carbonyl (C=O) groups is 2. The zero-order chi connectivity index (χ0) is 25.5. The van der Waals surface area contributed by atoms with Gasteiger partial charge in [0, 0.05) is 48.2 Å². The molecule has 196 valence electrons. The number of methoxy groups -OCH3 is 1. The highest BCUT2D eigenvalue weighted by atomic mass is 16.5. The number of amides is 3. The second-order valence-corrected chi connectivity index (χ2v) is 12.7. The van der Waals surface area contributed by atoms with Crippen molar-refractivity contribution in [2.45, 2.75) is 96.7 Å². The van der Waals surface area contributed by atoms with Gasteiger partial charge in [-0.15, -0.1) is 0 Å². The van der Waals surface area contributed by atoms with Crippen molar-refractivity contribution >= 4 is 17.6 Å². The number of hydrazone groups is 1. The van der Waals surface area contributed by atoms with Crippen molar-refractivity contribution in [3.8, 4) is 0 Å². The predicted octanol–water partition coefficient (Wildman–Crippen LogP) is 2.17. The predicted molar refractivity (Wildman–Crippen MR) is 130 cm³/mol. The Morgan fingerprint density at radius 3 is 2.63 bits per heavy atom. The Morgan fingerprint density at radius 2 is 1.97 bits per heavy atom. The van der Waals surface area contributed by atoms with Crippen LogP contribution in [0.5, 0.6) is 0 Å². The molecule has 3 saturated carbocycles. The number of ether oxygens (including phenoxy) is 2. The zero-order valence-corrected chi connectivity index (χ0v) is 21.8. The average molecular weight is 491 g/mol. The zero-order valence-electron chi connectivity index (χ0n) is 21.8. The average Bonchev–Trinajstić information content (AvgIpc) is 3.05. The first-order valence-corrected chi connectivity index (χ1v) is 13.2. The lowest BCUT2D eigenvalue weighted by molar-refractivity contribution is -0.325. The number of aliphatic hydroxyl groups is 1. The van der Waals surface area contributed by atoms with Gasteiger partial charge in [0.05, 0.1) is 23.5 Å². The van der Waals surface area contributed by atoms with E-state index in [-0.39, 0.29) is 53.2 Å². The van der Waals surface area contributed by atoms with Crippen molar-refractivity contribution in [2.24, 2.45) is 51.3 Å². The first kappa shape index (κ1) is 25.0. The number of nitrogens with zero attached hydrogens (tertiary/aromatic N) is 1. The first-order valence-electron chi connectivity index (χ1n) is 13.2. The number of urea groups is 1. The quantitative estimate of drug-likeness (QED) is 0.440. The summed E-state index contributed by atoms with van der Waals surface area (Å²) in [4.78, 5) is 24.2. The summed E-state index contributed by atoms with van der Waals surface area (Å²) >= 11 is 0. The molecular formula is C26H42N4O5. The maximum Gasteiger partial charge on any atom is 0.332 e. The molecule has 2 heterocycles. The third kappa shape index (κ3) is 3.33. The normalized spacial score (nSPS) is 51.5. The highest BCUT2D eigenvalue weighted by Crippen LogP contribution is 2.68. The fourth-order valence-electron chi connectivity index (χ4n) is 9.05. The summed E-state index contributed by atoms with van der Waals surface area (Å²) in [5.41, 5.74) is 7.46. The van der Waals surface area contributed by atoms with Crippen LogP contribution in [0, 0.1) is 40.4 Å². The summed E-state index contributed by atoms with van der Waals surface area (Å²) in [5.74, 6) is 0.403. The molecule has 9 nitrogen and oxygen atoms in total. The van der Waals surface area contributed by atoms with E-state index < -0.39 is 23.2 Å². The van der Waals surface area contributed by atoms with Gasteiger partial charge in [-0.25, -0.2) is 10.2 Å². The Bertz CT molecular complexity index is 939. The third-order valence-corrected chi connectivity index (χ3v) is 10.9. The topological polar surface area (TPSA) is 135 Å². The molecule has 5 fully saturated rings. The molecule has 0 aromatic carbocycles. The van der Waals surface area contributed by atoms with E-state index in [4.69, 9.17) is 15.2 Å². The number of nitrogens with two attached hydrogens (primary N) is 1. The molecule has 11 unspecified atom stereocenters. The smallest absolute Gasteiger partial charge is 0.332 e. The fraction of sp³-hybridized carbons (Fsp3) is 0.885. The standard InChI is InChI=1S/C26H42N4O5/c1-12-7-8-18-24(3,4)21(29-30-23(27)33)17(34-6)11-26(18)25(12,5)10-15-16(31)9-14-19(20(15)35-26)13(2)28-22(14)32/h12-20,31H,7-11H2,1-6H3,(H,28,32)(H3,27,30,33). The van der Waals surface area contributed by atoms with Crippen LogP contribution in [0.1, 0.15) is 66.7 Å². The maximum absolute atomic E-state index is 12.7. The molecule has 1 spiro atoms. The Hall–Kier alpha value is -1.71. The molecule has 0 bridgehead atoms. The van der Waals surface area contributed by atoms with Crippen LogP contribution in [0.4, 0.5) is 4.79 Å². The monoisotopic (exact) mass is 490 g/mol. The van der Waals surface area contributed by atoms with E-state index in [0.717, 1.165) is 25.0 Å². The first-order chi connectivity index (χ1) is 16.4. The fourth-order valence-corrected chi connectivity index (χ4v) is 9.05. The van der Waals surface area contributed by atoms with E-state index >= 15 is 0 Å². The van der Waals surface area contributed by atoms with E-state index in [1.807, 2.05) is 0 Å². The van der Waals surface area contributed by atoms with Crippen molar-refractivity contribution in [3.63, 3.8) is 0 Å². The Morgan fingerprint density at radius 1 is 1.26 bits per heavy atom. The van der Waals surface area contributed by atoms with Crippen LogP contribution in [0.15, 0.2) is 5.10 Å².